The van der Waals surface area contributed by atoms with Gasteiger partial charge in [-0.05, 0) is 64.0 Å². The van der Waals surface area contributed by atoms with Gasteiger partial charge in [0.25, 0.3) is 0 Å². The quantitative estimate of drug-likeness (QED) is 0.599. The van der Waals surface area contributed by atoms with Gasteiger partial charge in [0.2, 0.25) is 5.88 Å². The van der Waals surface area contributed by atoms with E-state index in [9.17, 15) is 9.59 Å². The van der Waals surface area contributed by atoms with Gasteiger partial charge in [0.15, 0.2) is 0 Å². The summed E-state index contributed by atoms with van der Waals surface area (Å²) in [4.78, 5) is 29.8. The summed E-state index contributed by atoms with van der Waals surface area (Å²) in [5.41, 5.74) is 1.47. The van der Waals surface area contributed by atoms with Crippen LogP contribution in [0, 0.1) is 12.8 Å². The number of rotatable bonds is 9. The van der Waals surface area contributed by atoms with Crippen LogP contribution in [0.2, 0.25) is 0 Å². The number of hydrogen-bond donors (Lipinski definition) is 3. The van der Waals surface area contributed by atoms with Crippen LogP contribution in [0.5, 0.6) is 5.88 Å². The van der Waals surface area contributed by atoms with E-state index >= 15 is 0 Å². The van der Waals surface area contributed by atoms with E-state index in [4.69, 9.17) is 9.84 Å². The van der Waals surface area contributed by atoms with Crippen molar-refractivity contribution in [2.24, 2.45) is 5.92 Å². The van der Waals surface area contributed by atoms with Gasteiger partial charge in [-0.1, -0.05) is 0 Å². The number of nitrogens with one attached hydrogen (secondary N) is 2. The molecule has 0 aromatic carbocycles. The van der Waals surface area contributed by atoms with Gasteiger partial charge in [0, 0.05) is 24.8 Å². The Bertz CT molecular complexity index is 714. The highest BCUT2D eigenvalue weighted by molar-refractivity contribution is 5.90. The van der Waals surface area contributed by atoms with Crippen molar-refractivity contribution in [2.45, 2.75) is 64.6 Å². The fourth-order valence-corrected chi connectivity index (χ4v) is 3.46. The summed E-state index contributed by atoms with van der Waals surface area (Å²) in [6.07, 6.45) is 5.59. The predicted molar refractivity (Wildman–Crippen MR) is 106 cm³/mol. The Balaban J connectivity index is 1.50. The molecule has 0 unspecified atom stereocenters. The normalized spacial score (nSPS) is 21.3. The Labute approximate surface area is 165 Å². The molecule has 2 amide bonds. The number of nitrogens with zero attached hydrogens (tertiary/aromatic N) is 2. The molecule has 1 aromatic heterocycles. The molecule has 28 heavy (non-hydrogen) atoms. The molecule has 3 N–H and O–H groups in total. The van der Waals surface area contributed by atoms with Crippen molar-refractivity contribution in [1.82, 2.24) is 15.2 Å². The van der Waals surface area contributed by atoms with E-state index in [1.165, 1.54) is 12.8 Å². The lowest BCUT2D eigenvalue weighted by atomic mass is 9.85. The van der Waals surface area contributed by atoms with E-state index in [1.807, 2.05) is 26.8 Å². The van der Waals surface area contributed by atoms with Crippen LogP contribution in [0.3, 0.4) is 0 Å². The Hall–Kier alpha value is -2.35. The topological polar surface area (TPSA) is 104 Å². The zero-order valence-corrected chi connectivity index (χ0v) is 16.8. The predicted octanol–water partition coefficient (Wildman–Crippen LogP) is 2.63. The van der Waals surface area contributed by atoms with Crippen molar-refractivity contribution in [3.8, 4) is 5.88 Å². The molecular formula is C20H30N4O4. The highest BCUT2D eigenvalue weighted by atomic mass is 16.5. The average molecular weight is 390 g/mol. The SMILES string of the molecule is Cc1cnc(OC(C)C)c(NC(=O)NC2CC(N(CC(=O)O)CC3CC3)C2)c1. The first-order valence-corrected chi connectivity index (χ1v) is 9.96. The molecule has 2 fully saturated rings. The van der Waals surface area contributed by atoms with Crippen LogP contribution in [0.1, 0.15) is 45.1 Å². The first-order chi connectivity index (χ1) is 13.3. The molecule has 2 saturated carbocycles. The number of carbonyl (C=O) groups is 2. The second kappa shape index (κ2) is 8.77. The number of ether oxygens (including phenoxy) is 1. The van der Waals surface area contributed by atoms with Gasteiger partial charge in [-0.3, -0.25) is 9.69 Å². The van der Waals surface area contributed by atoms with Gasteiger partial charge >= 0.3 is 12.0 Å². The number of hydrogen-bond acceptors (Lipinski definition) is 5. The molecule has 1 heterocycles. The van der Waals surface area contributed by atoms with E-state index in [0.717, 1.165) is 24.9 Å². The molecule has 1 aromatic rings. The number of carbonyl (C=O) groups excluding carboxylic acids is 1. The number of aliphatic carboxylic acids is 1. The van der Waals surface area contributed by atoms with Gasteiger partial charge in [-0.15, -0.1) is 0 Å². The largest absolute Gasteiger partial charge is 0.480 e. The van der Waals surface area contributed by atoms with Crippen molar-refractivity contribution >= 4 is 17.7 Å². The maximum Gasteiger partial charge on any atom is 0.319 e. The molecule has 0 aliphatic heterocycles. The number of aromatic nitrogens is 1. The molecule has 3 rings (SSSR count). The number of carboxylic acids is 1. The molecule has 0 saturated heterocycles. The second-order valence-corrected chi connectivity index (χ2v) is 8.22. The minimum Gasteiger partial charge on any atom is -0.480 e. The van der Waals surface area contributed by atoms with Gasteiger partial charge in [-0.25, -0.2) is 9.78 Å². The lowest BCUT2D eigenvalue weighted by Crippen LogP contribution is -2.55. The number of carboxylic acid groups (broad SMARTS) is 1. The summed E-state index contributed by atoms with van der Waals surface area (Å²) in [6.45, 7) is 6.64. The van der Waals surface area contributed by atoms with Gasteiger partial charge in [-0.2, -0.15) is 0 Å². The second-order valence-electron chi connectivity index (χ2n) is 8.22. The van der Waals surface area contributed by atoms with Crippen LogP contribution in [0.4, 0.5) is 10.5 Å². The van der Waals surface area contributed by atoms with E-state index in [0.29, 0.717) is 17.5 Å². The molecule has 0 atom stereocenters. The molecule has 0 spiro atoms. The average Bonchev–Trinajstić information content (AvgIpc) is 3.36. The van der Waals surface area contributed by atoms with Gasteiger partial charge in [0.1, 0.15) is 5.69 Å². The zero-order valence-electron chi connectivity index (χ0n) is 16.8. The van der Waals surface area contributed by atoms with Crippen LogP contribution >= 0.6 is 0 Å². The van der Waals surface area contributed by atoms with Gasteiger partial charge in [0.05, 0.1) is 12.6 Å². The van der Waals surface area contributed by atoms with Crippen molar-refractivity contribution in [3.63, 3.8) is 0 Å². The van der Waals surface area contributed by atoms with Gasteiger partial charge < -0.3 is 20.5 Å². The third kappa shape index (κ3) is 5.82. The van der Waals surface area contributed by atoms with E-state index in [-0.39, 0.29) is 30.8 Å². The molecule has 0 bridgehead atoms. The highest BCUT2D eigenvalue weighted by Gasteiger charge is 2.37. The smallest absolute Gasteiger partial charge is 0.319 e. The fourth-order valence-electron chi connectivity index (χ4n) is 3.46. The molecule has 8 nitrogen and oxygen atoms in total. The maximum absolute atomic E-state index is 12.4. The molecule has 8 heteroatoms. The summed E-state index contributed by atoms with van der Waals surface area (Å²) in [5, 5.41) is 14.9. The highest BCUT2D eigenvalue weighted by Crippen LogP contribution is 2.34. The number of urea groups is 1. The maximum atomic E-state index is 12.4. The molecule has 2 aliphatic rings. The summed E-state index contributed by atoms with van der Waals surface area (Å²) >= 11 is 0. The monoisotopic (exact) mass is 390 g/mol. The standard InChI is InChI=1S/C20H30N4O4/c1-12(2)28-19-17(6-13(3)9-21-19)23-20(27)22-15-7-16(8-15)24(11-18(25)26)10-14-4-5-14/h6,9,12,14-16H,4-5,7-8,10-11H2,1-3H3,(H,25,26)(H2,22,23,27). The third-order valence-electron chi connectivity index (χ3n) is 5.08. The summed E-state index contributed by atoms with van der Waals surface area (Å²) in [6, 6.07) is 1.81. The number of anilines is 1. The number of pyridine rings is 1. The van der Waals surface area contributed by atoms with E-state index in [1.54, 1.807) is 6.20 Å². The van der Waals surface area contributed by atoms with E-state index in [2.05, 4.69) is 20.5 Å². The molecular weight excluding hydrogens is 360 g/mol. The lowest BCUT2D eigenvalue weighted by molar-refractivity contribution is -0.139. The molecule has 154 valence electrons. The van der Waals surface area contributed by atoms with Crippen molar-refractivity contribution < 1.29 is 19.4 Å². The van der Waals surface area contributed by atoms with Crippen molar-refractivity contribution in [2.75, 3.05) is 18.4 Å². The Morgan fingerprint density at radius 2 is 2.07 bits per heavy atom. The van der Waals surface area contributed by atoms with Crippen LogP contribution in [-0.4, -0.2) is 58.3 Å². The Morgan fingerprint density at radius 1 is 1.36 bits per heavy atom. The first-order valence-electron chi connectivity index (χ1n) is 9.96. The summed E-state index contributed by atoms with van der Waals surface area (Å²) < 4.78 is 5.66. The first kappa shape index (κ1) is 20.4. The van der Waals surface area contributed by atoms with Crippen molar-refractivity contribution in [1.29, 1.82) is 0 Å². The molecule has 2 aliphatic carbocycles. The molecule has 0 radical (unpaired) electrons. The van der Waals surface area contributed by atoms with Crippen LogP contribution in [0.15, 0.2) is 12.3 Å². The Kier molecular flexibility index (Phi) is 6.39. The van der Waals surface area contributed by atoms with Crippen LogP contribution in [-0.2, 0) is 4.79 Å². The summed E-state index contributed by atoms with van der Waals surface area (Å²) in [7, 11) is 0. The zero-order chi connectivity index (χ0) is 20.3. The number of amides is 2. The Morgan fingerprint density at radius 3 is 2.68 bits per heavy atom. The fraction of sp³-hybridized carbons (Fsp3) is 0.650. The minimum atomic E-state index is -0.792. The van der Waals surface area contributed by atoms with E-state index < -0.39 is 5.97 Å². The number of aryl methyl sites for hydroxylation is 1. The van der Waals surface area contributed by atoms with Crippen LogP contribution < -0.4 is 15.4 Å². The van der Waals surface area contributed by atoms with Crippen LogP contribution in [0.25, 0.3) is 0 Å². The minimum absolute atomic E-state index is 0.0436. The van der Waals surface area contributed by atoms with Crippen molar-refractivity contribution in [3.05, 3.63) is 17.8 Å². The third-order valence-corrected chi connectivity index (χ3v) is 5.08. The lowest BCUT2D eigenvalue weighted by Gasteiger charge is -2.42. The summed E-state index contributed by atoms with van der Waals surface area (Å²) in [5.74, 6) is 0.251.